The molecule has 0 aromatic heterocycles. The number of nitrogens with two attached hydrogens (primary N) is 1. The number of nitrogens with zero attached hydrogens (tertiary/aromatic N) is 2. The molecule has 24 heavy (non-hydrogen) atoms. The molecule has 13 nitrogen and oxygen atoms in total. The minimum atomic E-state index is -4.65. The number of imide groups is 2. The Morgan fingerprint density at radius 1 is 1.12 bits per heavy atom. The van der Waals surface area contributed by atoms with E-state index in [9.17, 15) is 32.4 Å². The van der Waals surface area contributed by atoms with Gasteiger partial charge in [-0.05, 0) is 6.42 Å². The average molecular weight is 363 g/mol. The van der Waals surface area contributed by atoms with E-state index in [0.717, 1.165) is 0 Å². The highest BCUT2D eigenvalue weighted by atomic mass is 32.2. The normalized spacial score (nSPS) is 20.4. The van der Waals surface area contributed by atoms with E-state index < -0.39 is 46.3 Å². The first-order valence-electron chi connectivity index (χ1n) is 6.57. The summed E-state index contributed by atoms with van der Waals surface area (Å²) < 4.78 is 30.6. The molecule has 2 fully saturated rings. The number of primary amides is 1. The maximum Gasteiger partial charge on any atom is 0.405 e. The minimum Gasteiger partial charge on any atom is -0.434 e. The number of carbonyl (C=O) groups excluding carboxylic acids is 5. The summed E-state index contributed by atoms with van der Waals surface area (Å²) in [5, 5.41) is 0. The third kappa shape index (κ3) is 3.70. The predicted octanol–water partition coefficient (Wildman–Crippen LogP) is -2.42. The van der Waals surface area contributed by atoms with Crippen LogP contribution >= 0.6 is 0 Å². The molecule has 0 aliphatic carbocycles. The van der Waals surface area contributed by atoms with Crippen molar-refractivity contribution in [2.45, 2.75) is 18.9 Å². The Balaban J connectivity index is 1.89. The number of hydrogen-bond acceptors (Lipinski definition) is 8. The molecule has 1 atom stereocenters. The molecule has 132 valence electrons. The number of nitrogens with one attached hydrogen (secondary N) is 2. The van der Waals surface area contributed by atoms with Crippen LogP contribution in [0.3, 0.4) is 0 Å². The van der Waals surface area contributed by atoms with E-state index in [1.54, 1.807) is 0 Å². The van der Waals surface area contributed by atoms with Crippen molar-refractivity contribution in [3.05, 3.63) is 0 Å². The molecule has 0 radical (unpaired) electrons. The first kappa shape index (κ1) is 17.5. The Labute approximate surface area is 135 Å². The van der Waals surface area contributed by atoms with Gasteiger partial charge in [-0.2, -0.15) is 8.42 Å². The zero-order chi connectivity index (χ0) is 18.1. The Hall–Kier alpha value is -2.90. The van der Waals surface area contributed by atoms with Gasteiger partial charge in [0.2, 0.25) is 12.0 Å². The van der Waals surface area contributed by atoms with Crippen LogP contribution in [0.1, 0.15) is 12.8 Å². The molecule has 14 heteroatoms. The van der Waals surface area contributed by atoms with Gasteiger partial charge in [0.1, 0.15) is 0 Å². The highest BCUT2D eigenvalue weighted by molar-refractivity contribution is 7.88. The lowest BCUT2D eigenvalue weighted by atomic mass is 10.1. The van der Waals surface area contributed by atoms with E-state index in [2.05, 4.69) is 4.74 Å². The lowest BCUT2D eigenvalue weighted by Gasteiger charge is -2.34. The predicted molar refractivity (Wildman–Crippen MR) is 73.1 cm³/mol. The molecule has 2 saturated heterocycles. The number of ether oxygens (including phenoxy) is 1. The number of rotatable bonds is 3. The molecular formula is C10H13N5O8S. The first-order chi connectivity index (χ1) is 11.1. The summed E-state index contributed by atoms with van der Waals surface area (Å²) in [6.07, 6.45) is -1.97. The molecule has 0 saturated carbocycles. The van der Waals surface area contributed by atoms with Gasteiger partial charge >= 0.3 is 28.4 Å². The van der Waals surface area contributed by atoms with Crippen LogP contribution < -0.4 is 15.2 Å². The molecule has 0 spiro atoms. The van der Waals surface area contributed by atoms with Crippen molar-refractivity contribution in [3.63, 3.8) is 0 Å². The Morgan fingerprint density at radius 3 is 2.17 bits per heavy atom. The van der Waals surface area contributed by atoms with Gasteiger partial charge < -0.3 is 10.5 Å². The summed E-state index contributed by atoms with van der Waals surface area (Å²) in [6.45, 7) is -0.327. The number of amides is 7. The van der Waals surface area contributed by atoms with E-state index in [1.807, 2.05) is 0 Å². The minimum absolute atomic E-state index is 0.0604. The fraction of sp³-hybridized carbons (Fsp3) is 0.500. The molecule has 0 aromatic rings. The number of carbonyl (C=O) groups is 5. The highest BCUT2D eigenvalue weighted by Crippen LogP contribution is 2.14. The molecule has 7 amide bonds. The maximum atomic E-state index is 11.7. The second-order valence-electron chi connectivity index (χ2n) is 4.84. The highest BCUT2D eigenvalue weighted by Gasteiger charge is 2.44. The van der Waals surface area contributed by atoms with Crippen LogP contribution in [-0.2, 0) is 24.5 Å². The first-order valence-corrected chi connectivity index (χ1v) is 8.05. The van der Waals surface area contributed by atoms with Crippen LogP contribution in [0.25, 0.3) is 0 Å². The summed E-state index contributed by atoms with van der Waals surface area (Å²) in [6, 6.07) is -2.56. The van der Waals surface area contributed by atoms with Gasteiger partial charge in [-0.25, -0.2) is 23.8 Å². The van der Waals surface area contributed by atoms with Gasteiger partial charge in [-0.3, -0.25) is 19.4 Å². The molecule has 2 aliphatic heterocycles. The average Bonchev–Trinajstić information content (AvgIpc) is 2.87. The van der Waals surface area contributed by atoms with Gasteiger partial charge in [0, 0.05) is 13.0 Å². The van der Waals surface area contributed by atoms with Gasteiger partial charge in [0.25, 0.3) is 5.91 Å². The molecule has 2 rings (SSSR count). The largest absolute Gasteiger partial charge is 0.434 e. The number of β-lactam (4-membered cyclic amide) rings is 1. The lowest BCUT2D eigenvalue weighted by molar-refractivity contribution is -0.150. The van der Waals surface area contributed by atoms with Crippen molar-refractivity contribution in [1.29, 1.82) is 0 Å². The van der Waals surface area contributed by atoms with E-state index in [0.29, 0.717) is 16.2 Å². The second kappa shape index (κ2) is 6.31. The smallest absolute Gasteiger partial charge is 0.405 e. The van der Waals surface area contributed by atoms with Crippen LogP contribution in [0.15, 0.2) is 0 Å². The van der Waals surface area contributed by atoms with Crippen LogP contribution in [0, 0.1) is 0 Å². The molecule has 0 bridgehead atoms. The summed E-state index contributed by atoms with van der Waals surface area (Å²) in [7, 11) is -4.65. The zero-order valence-electron chi connectivity index (χ0n) is 12.1. The van der Waals surface area contributed by atoms with E-state index in [4.69, 9.17) is 5.73 Å². The number of hydrogen-bond donors (Lipinski definition) is 3. The fourth-order valence-electron chi connectivity index (χ4n) is 2.03. The molecule has 0 aromatic carbocycles. The van der Waals surface area contributed by atoms with Crippen molar-refractivity contribution in [2.75, 3.05) is 13.1 Å². The van der Waals surface area contributed by atoms with Crippen molar-refractivity contribution >= 4 is 40.2 Å². The van der Waals surface area contributed by atoms with Gasteiger partial charge in [0.05, 0.1) is 6.54 Å². The zero-order valence-corrected chi connectivity index (χ0v) is 12.9. The van der Waals surface area contributed by atoms with Crippen LogP contribution in [0.4, 0.5) is 14.4 Å². The van der Waals surface area contributed by atoms with E-state index in [-0.39, 0.29) is 19.5 Å². The summed E-state index contributed by atoms with van der Waals surface area (Å²) in [5.74, 6) is -1.51. The summed E-state index contributed by atoms with van der Waals surface area (Å²) in [4.78, 5) is 57.8. The Bertz CT molecular complexity index is 719. The second-order valence-corrected chi connectivity index (χ2v) is 6.26. The third-order valence-corrected chi connectivity index (χ3v) is 4.04. The van der Waals surface area contributed by atoms with Crippen LogP contribution in [-0.4, -0.2) is 67.4 Å². The maximum absolute atomic E-state index is 11.7. The van der Waals surface area contributed by atoms with Crippen LogP contribution in [0.2, 0.25) is 0 Å². The number of urea groups is 2. The molecule has 0 unspecified atom stereocenters. The molecule has 2 aliphatic rings. The van der Waals surface area contributed by atoms with Crippen molar-refractivity contribution in [2.24, 2.45) is 5.73 Å². The Kier molecular flexibility index (Phi) is 4.59. The van der Waals surface area contributed by atoms with Gasteiger partial charge in [0.15, 0.2) is 0 Å². The topological polar surface area (TPSA) is 185 Å². The standard InChI is InChI=1S/C10H13N5O8S/c11-8(18)23-5-4-15(7(5)17)10(20)13-24(21,22)12-9(19)14-3-1-2-6(14)16/h5H,1-4H2,(H2,11,18)(H,12,19)(H,13,20)/t5-/m0/s1. The molecular weight excluding hydrogens is 350 g/mol. The molecule has 4 N–H and O–H groups in total. The summed E-state index contributed by atoms with van der Waals surface area (Å²) >= 11 is 0. The Morgan fingerprint density at radius 2 is 1.71 bits per heavy atom. The lowest BCUT2D eigenvalue weighted by Crippen LogP contribution is -2.64. The van der Waals surface area contributed by atoms with Crippen molar-refractivity contribution in [1.82, 2.24) is 19.2 Å². The van der Waals surface area contributed by atoms with Gasteiger partial charge in [-0.1, -0.05) is 0 Å². The number of likely N-dealkylation sites (tertiary alicyclic amines) is 2. The fourth-order valence-corrected chi connectivity index (χ4v) is 2.77. The van der Waals surface area contributed by atoms with E-state index >= 15 is 0 Å². The van der Waals surface area contributed by atoms with Crippen LogP contribution in [0.5, 0.6) is 0 Å². The van der Waals surface area contributed by atoms with E-state index in [1.165, 1.54) is 9.44 Å². The molecule has 2 heterocycles. The third-order valence-electron chi connectivity index (χ3n) is 3.16. The van der Waals surface area contributed by atoms with Crippen molar-refractivity contribution in [3.8, 4) is 0 Å². The monoisotopic (exact) mass is 363 g/mol. The van der Waals surface area contributed by atoms with Crippen molar-refractivity contribution < 1.29 is 37.1 Å². The van der Waals surface area contributed by atoms with Gasteiger partial charge in [-0.15, -0.1) is 0 Å². The SMILES string of the molecule is NC(=O)O[C@H]1CN(C(=O)NS(=O)(=O)NC(=O)N2CCCC2=O)C1=O. The summed E-state index contributed by atoms with van der Waals surface area (Å²) in [5.41, 5.74) is 4.71. The quantitative estimate of drug-likeness (QED) is 0.462.